The SMILES string of the molecule is C#CCNCCN1C(=O)N2[C@H](c3cccc(O)c3)c3[nH]c4ccc(OC(F)F)cc4c3C[C@@]2(C)C1=O. The number of urea groups is 1. The number of phenols is 1. The Balaban J connectivity index is 1.64. The molecule has 1 aromatic heterocycles. The number of terminal acetylenes is 1. The summed E-state index contributed by atoms with van der Waals surface area (Å²) in [5.74, 6) is 2.10. The fourth-order valence-corrected chi connectivity index (χ4v) is 5.26. The zero-order valence-corrected chi connectivity index (χ0v) is 19.4. The van der Waals surface area contributed by atoms with E-state index in [1.54, 1.807) is 36.1 Å². The molecular formula is C26H24F2N4O4. The molecule has 2 aromatic carbocycles. The van der Waals surface area contributed by atoms with E-state index >= 15 is 0 Å². The number of ether oxygens (including phenoxy) is 1. The zero-order valence-electron chi connectivity index (χ0n) is 19.4. The van der Waals surface area contributed by atoms with Crippen LogP contribution in [-0.4, -0.2) is 63.6 Å². The molecule has 2 aliphatic heterocycles. The van der Waals surface area contributed by atoms with E-state index in [1.807, 2.05) is 0 Å². The van der Waals surface area contributed by atoms with Crippen molar-refractivity contribution in [2.45, 2.75) is 31.5 Å². The molecule has 0 bridgehead atoms. The van der Waals surface area contributed by atoms with Crippen LogP contribution in [0.1, 0.15) is 29.8 Å². The van der Waals surface area contributed by atoms with Crippen molar-refractivity contribution in [2.75, 3.05) is 19.6 Å². The fraction of sp³-hybridized carbons (Fsp3) is 0.308. The summed E-state index contributed by atoms with van der Waals surface area (Å²) in [6, 6.07) is 9.90. The largest absolute Gasteiger partial charge is 0.508 e. The number of hydrogen-bond acceptors (Lipinski definition) is 5. The van der Waals surface area contributed by atoms with Crippen LogP contribution in [0.25, 0.3) is 10.9 Å². The number of hydrogen-bond donors (Lipinski definition) is 3. The minimum absolute atomic E-state index is 0.00386. The van der Waals surface area contributed by atoms with Crippen molar-refractivity contribution < 1.29 is 28.2 Å². The molecule has 3 aromatic rings. The summed E-state index contributed by atoms with van der Waals surface area (Å²) in [6.45, 7) is -0.484. The number of aromatic nitrogens is 1. The van der Waals surface area contributed by atoms with Gasteiger partial charge >= 0.3 is 12.6 Å². The molecule has 3 amide bonds. The number of aromatic amines is 1. The van der Waals surface area contributed by atoms with E-state index < -0.39 is 24.2 Å². The number of imide groups is 1. The first-order chi connectivity index (χ1) is 17.2. The van der Waals surface area contributed by atoms with E-state index in [9.17, 15) is 23.5 Å². The molecule has 1 saturated heterocycles. The molecule has 186 valence electrons. The summed E-state index contributed by atoms with van der Waals surface area (Å²) in [4.78, 5) is 33.4. The third kappa shape index (κ3) is 3.72. The number of phenolic OH excluding ortho intramolecular Hbond substituents is 1. The molecule has 10 heteroatoms. The van der Waals surface area contributed by atoms with Crippen molar-refractivity contribution in [3.63, 3.8) is 0 Å². The highest BCUT2D eigenvalue weighted by atomic mass is 19.3. The summed E-state index contributed by atoms with van der Waals surface area (Å²) in [5.41, 5.74) is 1.40. The van der Waals surface area contributed by atoms with Gasteiger partial charge in [-0.2, -0.15) is 8.78 Å². The number of carbonyl (C=O) groups is 2. The number of nitrogens with one attached hydrogen (secondary N) is 2. The van der Waals surface area contributed by atoms with E-state index in [0.717, 1.165) is 5.56 Å². The highest BCUT2D eigenvalue weighted by molar-refractivity contribution is 6.08. The van der Waals surface area contributed by atoms with Crippen LogP contribution in [-0.2, 0) is 11.2 Å². The Hall–Kier alpha value is -4.10. The monoisotopic (exact) mass is 494 g/mol. The molecule has 3 heterocycles. The second-order valence-electron chi connectivity index (χ2n) is 9.04. The number of halogens is 2. The van der Waals surface area contributed by atoms with Gasteiger partial charge in [0, 0.05) is 36.1 Å². The standard InChI is InChI=1S/C26H24F2N4O4/c1-3-9-29-10-11-31-23(34)26(2)14-19-18-13-17(36-24(27)28)7-8-20(18)30-21(19)22(32(26)25(31)35)15-5-4-6-16(33)12-15/h1,4-8,12-13,22,24,29-30,33H,9-11,14H2,2H3/t22-,26+/m1/s1. The van der Waals surface area contributed by atoms with Gasteiger partial charge in [-0.15, -0.1) is 6.42 Å². The lowest BCUT2D eigenvalue weighted by molar-refractivity contribution is -0.133. The van der Waals surface area contributed by atoms with Gasteiger partial charge in [0.25, 0.3) is 5.91 Å². The number of rotatable bonds is 7. The average Bonchev–Trinajstić information content (AvgIpc) is 3.27. The van der Waals surface area contributed by atoms with Gasteiger partial charge in [-0.1, -0.05) is 18.1 Å². The lowest BCUT2D eigenvalue weighted by Crippen LogP contribution is -2.53. The summed E-state index contributed by atoms with van der Waals surface area (Å²) in [5, 5.41) is 13.8. The average molecular weight is 494 g/mol. The molecule has 0 spiro atoms. The maximum atomic E-state index is 13.7. The van der Waals surface area contributed by atoms with Crippen molar-refractivity contribution in [1.29, 1.82) is 0 Å². The molecule has 0 radical (unpaired) electrons. The zero-order chi connectivity index (χ0) is 25.6. The second kappa shape index (κ2) is 8.84. The summed E-state index contributed by atoms with van der Waals surface area (Å²) < 4.78 is 30.3. The third-order valence-corrected chi connectivity index (χ3v) is 6.79. The Morgan fingerprint density at radius 2 is 2.11 bits per heavy atom. The van der Waals surface area contributed by atoms with Crippen molar-refractivity contribution >= 4 is 22.8 Å². The number of amides is 3. The third-order valence-electron chi connectivity index (χ3n) is 6.79. The van der Waals surface area contributed by atoms with Crippen LogP contribution in [0, 0.1) is 12.3 Å². The first-order valence-electron chi connectivity index (χ1n) is 11.4. The van der Waals surface area contributed by atoms with Crippen LogP contribution in [0.5, 0.6) is 11.5 Å². The highest BCUT2D eigenvalue weighted by Crippen LogP contribution is 2.49. The van der Waals surface area contributed by atoms with Crippen LogP contribution in [0.15, 0.2) is 42.5 Å². The number of carbonyl (C=O) groups excluding carboxylic acids is 2. The molecule has 2 aliphatic rings. The lowest BCUT2D eigenvalue weighted by atomic mass is 9.81. The Morgan fingerprint density at radius 1 is 1.31 bits per heavy atom. The van der Waals surface area contributed by atoms with Crippen LogP contribution in [0.4, 0.5) is 13.6 Å². The molecule has 8 nitrogen and oxygen atoms in total. The van der Waals surface area contributed by atoms with Gasteiger partial charge in [-0.3, -0.25) is 14.6 Å². The van der Waals surface area contributed by atoms with Crippen LogP contribution in [0.3, 0.4) is 0 Å². The minimum Gasteiger partial charge on any atom is -0.508 e. The molecule has 2 atom stereocenters. The summed E-state index contributed by atoms with van der Waals surface area (Å²) >= 11 is 0. The molecule has 5 rings (SSSR count). The summed E-state index contributed by atoms with van der Waals surface area (Å²) in [6.07, 6.45) is 5.44. The Kier molecular flexibility index (Phi) is 5.80. The van der Waals surface area contributed by atoms with Gasteiger partial charge in [0.05, 0.1) is 6.54 Å². The maximum Gasteiger partial charge on any atom is 0.387 e. The number of benzene rings is 2. The highest BCUT2D eigenvalue weighted by Gasteiger charge is 2.60. The Labute approximate surface area is 205 Å². The number of H-pyrrole nitrogens is 1. The maximum absolute atomic E-state index is 13.7. The minimum atomic E-state index is -2.98. The lowest BCUT2D eigenvalue weighted by Gasteiger charge is -2.42. The van der Waals surface area contributed by atoms with Crippen molar-refractivity contribution in [3.05, 3.63) is 59.3 Å². The normalized spacial score (nSPS) is 21.1. The van der Waals surface area contributed by atoms with Gasteiger partial charge in [0.2, 0.25) is 0 Å². The fourth-order valence-electron chi connectivity index (χ4n) is 5.26. The van der Waals surface area contributed by atoms with E-state index in [2.05, 4.69) is 21.0 Å². The number of aromatic hydroxyl groups is 1. The van der Waals surface area contributed by atoms with Gasteiger partial charge in [-0.25, -0.2) is 4.79 Å². The van der Waals surface area contributed by atoms with Gasteiger partial charge in [0.1, 0.15) is 23.1 Å². The number of alkyl halides is 2. The summed E-state index contributed by atoms with van der Waals surface area (Å²) in [7, 11) is 0. The van der Waals surface area contributed by atoms with E-state index in [0.29, 0.717) is 35.2 Å². The second-order valence-corrected chi connectivity index (χ2v) is 9.04. The first-order valence-corrected chi connectivity index (χ1v) is 11.4. The van der Waals surface area contributed by atoms with Crippen LogP contribution < -0.4 is 10.1 Å². The van der Waals surface area contributed by atoms with E-state index in [4.69, 9.17) is 6.42 Å². The predicted octanol–water partition coefficient (Wildman–Crippen LogP) is 3.37. The predicted molar refractivity (Wildman–Crippen MR) is 128 cm³/mol. The van der Waals surface area contributed by atoms with Crippen LogP contribution >= 0.6 is 0 Å². The van der Waals surface area contributed by atoms with Crippen molar-refractivity contribution in [2.24, 2.45) is 0 Å². The molecule has 36 heavy (non-hydrogen) atoms. The Morgan fingerprint density at radius 3 is 2.83 bits per heavy atom. The molecular weight excluding hydrogens is 470 g/mol. The van der Waals surface area contributed by atoms with Gasteiger partial charge < -0.3 is 20.1 Å². The van der Waals surface area contributed by atoms with Crippen molar-refractivity contribution in [1.82, 2.24) is 20.1 Å². The Bertz CT molecular complexity index is 1400. The van der Waals surface area contributed by atoms with Gasteiger partial charge in [-0.05, 0) is 48.4 Å². The molecule has 1 fully saturated rings. The van der Waals surface area contributed by atoms with E-state index in [1.165, 1.54) is 23.1 Å². The molecule has 0 saturated carbocycles. The number of nitrogens with zero attached hydrogens (tertiary/aromatic N) is 2. The topological polar surface area (TPSA) is 97.9 Å². The molecule has 0 aliphatic carbocycles. The van der Waals surface area contributed by atoms with Gasteiger partial charge in [0.15, 0.2) is 0 Å². The quantitative estimate of drug-likeness (QED) is 0.266. The number of fused-ring (bicyclic) bond motifs is 4. The molecule has 3 N–H and O–H groups in total. The van der Waals surface area contributed by atoms with Crippen molar-refractivity contribution in [3.8, 4) is 23.8 Å². The van der Waals surface area contributed by atoms with Crippen LogP contribution in [0.2, 0.25) is 0 Å². The smallest absolute Gasteiger partial charge is 0.387 e. The molecule has 0 unspecified atom stereocenters. The van der Waals surface area contributed by atoms with E-state index in [-0.39, 0.29) is 30.4 Å². The first kappa shape index (κ1) is 23.6.